The molecule has 0 aromatic carbocycles. The largest absolute Gasteiger partial charge is 0.503 e. The monoisotopic (exact) mass is 150 g/mol. The fraction of sp³-hybridized carbons (Fsp3) is 1.00. The van der Waals surface area contributed by atoms with Crippen molar-refractivity contribution in [3.8, 4) is 0 Å². The topological polar surface area (TPSA) is 9.23 Å². The quantitative estimate of drug-likeness (QED) is 0.327. The first-order valence-electron chi connectivity index (χ1n) is 3.05. The Labute approximate surface area is 62.4 Å². The van der Waals surface area contributed by atoms with E-state index in [0.717, 1.165) is 24.2 Å². The molecule has 3 heteroatoms. The minimum Gasteiger partial charge on any atom is -0.503 e. The molecule has 0 N–H and O–H groups in total. The first-order valence-corrected chi connectivity index (χ1v) is 5.16. The average Bonchev–Trinajstić information content (AvgIpc) is 1.81. The molecule has 0 aromatic heterocycles. The predicted molar refractivity (Wildman–Crippen MR) is 38.9 cm³/mol. The van der Waals surface area contributed by atoms with Gasteiger partial charge in [-0.3, -0.25) is 0 Å². The summed E-state index contributed by atoms with van der Waals surface area (Å²) in [5, 5.41) is 1.11. The zero-order chi connectivity index (χ0) is 6.24. The fourth-order valence-corrected chi connectivity index (χ4v) is 1.54. The second-order valence-electron chi connectivity index (χ2n) is 1.65. The highest BCUT2D eigenvalue weighted by atomic mass is 35.5. The molecule has 0 heterocycles. The summed E-state index contributed by atoms with van der Waals surface area (Å²) in [6.07, 6.45) is 1.13. The highest BCUT2D eigenvalue weighted by Gasteiger charge is 1.90. The van der Waals surface area contributed by atoms with Crippen LogP contribution in [-0.2, 0) is 3.79 Å². The number of rotatable bonds is 5. The van der Waals surface area contributed by atoms with Crippen LogP contribution in [-0.4, -0.2) is 28.0 Å². The van der Waals surface area contributed by atoms with Crippen LogP contribution in [0.15, 0.2) is 0 Å². The molecule has 0 aromatic rings. The van der Waals surface area contributed by atoms with Crippen molar-refractivity contribution >= 4 is 27.2 Å². The van der Waals surface area contributed by atoms with E-state index in [1.54, 1.807) is 0 Å². The molecule has 0 unspecified atom stereocenters. The van der Waals surface area contributed by atoms with Gasteiger partial charge in [0.1, 0.15) is 0 Å². The molecular formula is C5H12AlClO. The van der Waals surface area contributed by atoms with E-state index in [0.29, 0.717) is 0 Å². The molecule has 0 spiro atoms. The maximum absolute atomic E-state index is 5.44. The molecule has 0 aliphatic carbocycles. The fourth-order valence-electron chi connectivity index (χ4n) is 0.403. The van der Waals surface area contributed by atoms with E-state index < -0.39 is 0 Å². The number of alkyl halides is 1. The Balaban J connectivity index is 2.53. The summed E-state index contributed by atoms with van der Waals surface area (Å²) in [5.74, 6) is 0.774. The minimum absolute atomic E-state index is 0.232. The van der Waals surface area contributed by atoms with Crippen LogP contribution < -0.4 is 0 Å². The van der Waals surface area contributed by atoms with Crippen LogP contribution >= 0.6 is 11.6 Å². The van der Waals surface area contributed by atoms with Gasteiger partial charge < -0.3 is 3.79 Å². The maximum Gasteiger partial charge on any atom is 0.436 e. The molecule has 1 nitrogen and oxygen atoms in total. The van der Waals surface area contributed by atoms with Crippen LogP contribution in [0.1, 0.15) is 13.3 Å². The second kappa shape index (κ2) is 7.78. The summed E-state index contributed by atoms with van der Waals surface area (Å²) in [7, 11) is 0. The van der Waals surface area contributed by atoms with Crippen molar-refractivity contribution in [2.24, 2.45) is 0 Å². The molecule has 0 rings (SSSR count). The van der Waals surface area contributed by atoms with Gasteiger partial charge in [0.15, 0.2) is 0 Å². The maximum atomic E-state index is 5.44. The standard InChI is InChI=1S/C3H7O.C2H4Cl.Al.H/c1-2-3-4;1-2-3;;/h2-3H2,1H3;1-2H2;;/q-1;;+1;. The third-order valence-corrected chi connectivity index (χ3v) is 2.71. The van der Waals surface area contributed by atoms with Crippen molar-refractivity contribution in [2.45, 2.75) is 18.6 Å². The molecule has 0 aliphatic heterocycles. The van der Waals surface area contributed by atoms with Gasteiger partial charge in [0.05, 0.1) is 0 Å². The normalized spacial score (nSPS) is 9.25. The summed E-state index contributed by atoms with van der Waals surface area (Å²) >= 11 is 5.20. The van der Waals surface area contributed by atoms with Gasteiger partial charge in [-0.05, 0) is 6.42 Å². The molecule has 48 valence electrons. The molecule has 8 heavy (non-hydrogen) atoms. The lowest BCUT2D eigenvalue weighted by molar-refractivity contribution is 0.335. The number of halogens is 1. The second-order valence-corrected chi connectivity index (χ2v) is 3.56. The van der Waals surface area contributed by atoms with Gasteiger partial charge in [0, 0.05) is 12.5 Å². The van der Waals surface area contributed by atoms with E-state index in [1.807, 2.05) is 0 Å². The molecule has 0 atom stereocenters. The third-order valence-electron chi connectivity index (χ3n) is 0.771. The summed E-state index contributed by atoms with van der Waals surface area (Å²) in [6, 6.07) is 0. The van der Waals surface area contributed by atoms with E-state index in [1.165, 1.54) is 0 Å². The van der Waals surface area contributed by atoms with Crippen LogP contribution in [0, 0.1) is 0 Å². The lowest BCUT2D eigenvalue weighted by Gasteiger charge is -1.95. The van der Waals surface area contributed by atoms with Crippen LogP contribution in [0.4, 0.5) is 0 Å². The first kappa shape index (κ1) is 8.78. The molecule has 0 amide bonds. The van der Waals surface area contributed by atoms with Gasteiger partial charge in [0.2, 0.25) is 0 Å². The van der Waals surface area contributed by atoms with Gasteiger partial charge in [-0.1, -0.05) is 12.2 Å². The van der Waals surface area contributed by atoms with E-state index in [2.05, 4.69) is 6.92 Å². The van der Waals surface area contributed by atoms with Gasteiger partial charge in [-0.2, -0.15) is 0 Å². The highest BCUT2D eigenvalue weighted by molar-refractivity contribution is 6.31. The van der Waals surface area contributed by atoms with Crippen molar-refractivity contribution in [2.75, 3.05) is 12.5 Å². The summed E-state index contributed by atoms with van der Waals surface area (Å²) in [6.45, 7) is 3.05. The van der Waals surface area contributed by atoms with Gasteiger partial charge in [0.25, 0.3) is 0 Å². The highest BCUT2D eigenvalue weighted by Crippen LogP contribution is 1.85. The van der Waals surface area contributed by atoms with E-state index >= 15 is 0 Å². The predicted octanol–water partition coefficient (Wildman–Crippen LogP) is 1.42. The van der Waals surface area contributed by atoms with Gasteiger partial charge in [-0.15, -0.1) is 11.6 Å². The Morgan fingerprint density at radius 3 is 2.88 bits per heavy atom. The van der Waals surface area contributed by atoms with Crippen molar-refractivity contribution < 1.29 is 3.79 Å². The van der Waals surface area contributed by atoms with Crippen molar-refractivity contribution in [3.63, 3.8) is 0 Å². The van der Waals surface area contributed by atoms with Gasteiger partial charge >= 0.3 is 15.6 Å². The summed E-state index contributed by atoms with van der Waals surface area (Å²) in [5.41, 5.74) is 0. The zero-order valence-electron chi connectivity index (χ0n) is 5.32. The van der Waals surface area contributed by atoms with Crippen LogP contribution in [0.25, 0.3) is 0 Å². The molecular weight excluding hydrogens is 138 g/mol. The Morgan fingerprint density at radius 1 is 1.62 bits per heavy atom. The lowest BCUT2D eigenvalue weighted by Crippen LogP contribution is -1.99. The summed E-state index contributed by atoms with van der Waals surface area (Å²) in [4.78, 5) is 0. The van der Waals surface area contributed by atoms with Crippen molar-refractivity contribution in [3.05, 3.63) is 0 Å². The number of hydrogen-bond acceptors (Lipinski definition) is 1. The Bertz CT molecular complexity index is 37.4. The Hall–Kier alpha value is 0.782. The van der Waals surface area contributed by atoms with Crippen LogP contribution in [0.3, 0.4) is 0 Å². The number of hydrogen-bond donors (Lipinski definition) is 0. The molecule has 0 saturated heterocycles. The van der Waals surface area contributed by atoms with Crippen LogP contribution in [0.5, 0.6) is 0 Å². The molecule has 0 fully saturated rings. The van der Waals surface area contributed by atoms with E-state index in [9.17, 15) is 0 Å². The van der Waals surface area contributed by atoms with E-state index in [-0.39, 0.29) is 15.6 Å². The van der Waals surface area contributed by atoms with Gasteiger partial charge in [-0.25, -0.2) is 0 Å². The third kappa shape index (κ3) is 6.78. The molecule has 0 bridgehead atoms. The molecule has 0 saturated carbocycles. The Kier molecular flexibility index (Phi) is 8.54. The molecule has 0 radical (unpaired) electrons. The summed E-state index contributed by atoms with van der Waals surface area (Å²) < 4.78 is 5.28. The van der Waals surface area contributed by atoms with Crippen molar-refractivity contribution in [1.29, 1.82) is 0 Å². The molecule has 0 aliphatic rings. The minimum atomic E-state index is -0.232. The lowest BCUT2D eigenvalue weighted by atomic mass is 10.5. The SMILES string of the molecule is CCC[O][AlH][CH2]CCl. The zero-order valence-corrected chi connectivity index (χ0v) is 7.49. The average molecular weight is 151 g/mol. The van der Waals surface area contributed by atoms with Crippen molar-refractivity contribution in [1.82, 2.24) is 0 Å². The van der Waals surface area contributed by atoms with E-state index in [4.69, 9.17) is 15.4 Å². The smallest absolute Gasteiger partial charge is 0.436 e. The van der Waals surface area contributed by atoms with Crippen LogP contribution in [0.2, 0.25) is 5.28 Å². The Morgan fingerprint density at radius 2 is 2.38 bits per heavy atom. The first-order chi connectivity index (χ1) is 3.91.